The molecule has 0 unspecified atom stereocenters. The van der Waals surface area contributed by atoms with Crippen molar-refractivity contribution in [1.29, 1.82) is 0 Å². The standard InChI is InChI=1S/C19H24FN3O2/c1-12-5-6-16(15(20)8-12)21-18(24)19(25)23-10-13-9-22-7-3-2-4-17(22)14(13)11-23/h5-6,8,13-14,17H,2-4,7,9-11H2,1H3,(H,21,24)/t13-,14+,17+/m0/s1. The van der Waals surface area contributed by atoms with Crippen LogP contribution in [0.5, 0.6) is 0 Å². The molecule has 3 saturated heterocycles. The van der Waals surface area contributed by atoms with Gasteiger partial charge in [0.15, 0.2) is 0 Å². The zero-order valence-electron chi connectivity index (χ0n) is 14.5. The second-order valence-corrected chi connectivity index (χ2v) is 7.63. The van der Waals surface area contributed by atoms with Crippen LogP contribution in [0.15, 0.2) is 18.2 Å². The zero-order valence-corrected chi connectivity index (χ0v) is 14.5. The van der Waals surface area contributed by atoms with E-state index in [-0.39, 0.29) is 5.69 Å². The molecule has 25 heavy (non-hydrogen) atoms. The molecule has 3 aliphatic rings. The van der Waals surface area contributed by atoms with Gasteiger partial charge in [-0.05, 0) is 55.8 Å². The molecule has 4 rings (SSSR count). The Morgan fingerprint density at radius 1 is 1.20 bits per heavy atom. The van der Waals surface area contributed by atoms with Crippen molar-refractivity contribution in [1.82, 2.24) is 9.80 Å². The lowest BCUT2D eigenvalue weighted by Crippen LogP contribution is -2.43. The molecule has 0 radical (unpaired) electrons. The average Bonchev–Trinajstić information content (AvgIpc) is 3.14. The Balaban J connectivity index is 1.39. The summed E-state index contributed by atoms with van der Waals surface area (Å²) in [5.74, 6) is -0.860. The van der Waals surface area contributed by atoms with E-state index in [1.54, 1.807) is 17.9 Å². The van der Waals surface area contributed by atoms with Crippen LogP contribution in [0.4, 0.5) is 10.1 Å². The molecule has 0 aliphatic carbocycles. The molecule has 3 heterocycles. The fourth-order valence-electron chi connectivity index (χ4n) is 4.76. The first-order chi connectivity index (χ1) is 12.0. The number of benzene rings is 1. The Bertz CT molecular complexity index is 708. The van der Waals surface area contributed by atoms with Crippen molar-refractivity contribution in [2.45, 2.75) is 32.2 Å². The number of rotatable bonds is 1. The van der Waals surface area contributed by atoms with Crippen LogP contribution in [0.3, 0.4) is 0 Å². The number of hydrogen-bond acceptors (Lipinski definition) is 3. The Hall–Kier alpha value is -1.95. The summed E-state index contributed by atoms with van der Waals surface area (Å²) in [7, 11) is 0. The molecule has 5 nitrogen and oxygen atoms in total. The summed E-state index contributed by atoms with van der Waals surface area (Å²) in [4.78, 5) is 29.0. The first-order valence-electron chi connectivity index (χ1n) is 9.13. The van der Waals surface area contributed by atoms with E-state index in [0.717, 1.165) is 12.1 Å². The molecule has 1 N–H and O–H groups in total. The van der Waals surface area contributed by atoms with Gasteiger partial charge in [0.1, 0.15) is 5.82 Å². The lowest BCUT2D eigenvalue weighted by Gasteiger charge is -2.33. The summed E-state index contributed by atoms with van der Waals surface area (Å²) in [6, 6.07) is 5.11. The lowest BCUT2D eigenvalue weighted by atomic mass is 9.90. The van der Waals surface area contributed by atoms with E-state index >= 15 is 0 Å². The van der Waals surface area contributed by atoms with Crippen molar-refractivity contribution in [3.05, 3.63) is 29.6 Å². The first kappa shape index (κ1) is 16.5. The van der Waals surface area contributed by atoms with Crippen LogP contribution < -0.4 is 5.32 Å². The average molecular weight is 345 g/mol. The minimum absolute atomic E-state index is 0.0572. The van der Waals surface area contributed by atoms with Gasteiger partial charge in [0.25, 0.3) is 0 Å². The minimum Gasteiger partial charge on any atom is -0.334 e. The smallest absolute Gasteiger partial charge is 0.313 e. The number of carbonyl (C=O) groups is 2. The fourth-order valence-corrected chi connectivity index (χ4v) is 4.76. The molecule has 6 heteroatoms. The van der Waals surface area contributed by atoms with Gasteiger partial charge >= 0.3 is 11.8 Å². The molecule has 0 aromatic heterocycles. The second kappa shape index (κ2) is 6.41. The van der Waals surface area contributed by atoms with Crippen molar-refractivity contribution < 1.29 is 14.0 Å². The maximum Gasteiger partial charge on any atom is 0.313 e. The quantitative estimate of drug-likeness (QED) is 0.792. The third-order valence-corrected chi connectivity index (χ3v) is 5.97. The van der Waals surface area contributed by atoms with Crippen LogP contribution in [-0.4, -0.2) is 53.8 Å². The molecular weight excluding hydrogens is 321 g/mol. The van der Waals surface area contributed by atoms with Gasteiger partial charge in [-0.15, -0.1) is 0 Å². The number of nitrogens with one attached hydrogen (secondary N) is 1. The van der Waals surface area contributed by atoms with E-state index in [9.17, 15) is 14.0 Å². The zero-order chi connectivity index (χ0) is 17.6. The van der Waals surface area contributed by atoms with Gasteiger partial charge in [0.05, 0.1) is 5.69 Å². The third-order valence-electron chi connectivity index (χ3n) is 5.97. The summed E-state index contributed by atoms with van der Waals surface area (Å²) < 4.78 is 13.9. The van der Waals surface area contributed by atoms with Crippen LogP contribution in [0.25, 0.3) is 0 Å². The maximum absolute atomic E-state index is 13.9. The minimum atomic E-state index is -0.747. The first-order valence-corrected chi connectivity index (χ1v) is 9.13. The highest BCUT2D eigenvalue weighted by atomic mass is 19.1. The number of halogens is 1. The van der Waals surface area contributed by atoms with E-state index in [1.807, 2.05) is 0 Å². The number of likely N-dealkylation sites (tertiary alicyclic amines) is 1. The monoisotopic (exact) mass is 345 g/mol. The summed E-state index contributed by atoms with van der Waals surface area (Å²) in [5, 5.41) is 2.42. The van der Waals surface area contributed by atoms with Crippen LogP contribution in [0, 0.1) is 24.6 Å². The van der Waals surface area contributed by atoms with Crippen LogP contribution in [-0.2, 0) is 9.59 Å². The Kier molecular flexibility index (Phi) is 4.23. The van der Waals surface area contributed by atoms with E-state index in [4.69, 9.17) is 0 Å². The molecule has 2 amide bonds. The molecule has 1 aromatic rings. The Labute approximate surface area is 147 Å². The van der Waals surface area contributed by atoms with Gasteiger partial charge in [0.2, 0.25) is 0 Å². The molecule has 1 aromatic carbocycles. The number of nitrogens with zero attached hydrogens (tertiary/aromatic N) is 2. The van der Waals surface area contributed by atoms with Gasteiger partial charge < -0.3 is 10.2 Å². The number of carbonyl (C=O) groups excluding carboxylic acids is 2. The fraction of sp³-hybridized carbons (Fsp3) is 0.579. The lowest BCUT2D eigenvalue weighted by molar-refractivity contribution is -0.142. The van der Waals surface area contributed by atoms with Crippen molar-refractivity contribution in [2.24, 2.45) is 11.8 Å². The van der Waals surface area contributed by atoms with E-state index in [1.165, 1.54) is 37.9 Å². The normalized spacial score (nSPS) is 28.6. The number of anilines is 1. The molecule has 134 valence electrons. The maximum atomic E-state index is 13.9. The molecule has 3 atom stereocenters. The summed E-state index contributed by atoms with van der Waals surface area (Å²) in [6.45, 7) is 5.26. The van der Waals surface area contributed by atoms with Crippen molar-refractivity contribution in [3.8, 4) is 0 Å². The van der Waals surface area contributed by atoms with Gasteiger partial charge in [-0.2, -0.15) is 0 Å². The predicted octanol–water partition coefficient (Wildman–Crippen LogP) is 2.02. The van der Waals surface area contributed by atoms with Gasteiger partial charge in [-0.3, -0.25) is 14.5 Å². The van der Waals surface area contributed by atoms with Crippen molar-refractivity contribution >= 4 is 17.5 Å². The van der Waals surface area contributed by atoms with E-state index in [2.05, 4.69) is 10.2 Å². The van der Waals surface area contributed by atoms with Crippen molar-refractivity contribution in [3.63, 3.8) is 0 Å². The summed E-state index contributed by atoms with van der Waals surface area (Å²) >= 11 is 0. The molecule has 0 bridgehead atoms. The van der Waals surface area contributed by atoms with Gasteiger partial charge in [-0.25, -0.2) is 4.39 Å². The number of fused-ring (bicyclic) bond motifs is 3. The second-order valence-electron chi connectivity index (χ2n) is 7.63. The SMILES string of the molecule is Cc1ccc(NC(=O)C(=O)N2C[C@@H]3CN4CCCC[C@@H]4[C@@H]3C2)c(F)c1. The number of aryl methyl sites for hydroxylation is 1. The van der Waals surface area contributed by atoms with Crippen LogP contribution in [0.2, 0.25) is 0 Å². The van der Waals surface area contributed by atoms with Crippen LogP contribution >= 0.6 is 0 Å². The molecule has 0 spiro atoms. The predicted molar refractivity (Wildman–Crippen MR) is 92.5 cm³/mol. The van der Waals surface area contributed by atoms with E-state index < -0.39 is 17.6 Å². The molecular formula is C19H24FN3O2. The number of hydrogen-bond donors (Lipinski definition) is 1. The molecule has 3 fully saturated rings. The highest BCUT2D eigenvalue weighted by Crippen LogP contribution is 2.40. The highest BCUT2D eigenvalue weighted by molar-refractivity contribution is 6.39. The Morgan fingerprint density at radius 3 is 2.84 bits per heavy atom. The molecule has 0 saturated carbocycles. The van der Waals surface area contributed by atoms with Gasteiger partial charge in [0, 0.05) is 25.7 Å². The third kappa shape index (κ3) is 3.03. The molecule has 3 aliphatic heterocycles. The van der Waals surface area contributed by atoms with Crippen molar-refractivity contribution in [2.75, 3.05) is 31.5 Å². The van der Waals surface area contributed by atoms with E-state index in [0.29, 0.717) is 31.0 Å². The number of amides is 2. The van der Waals surface area contributed by atoms with Gasteiger partial charge in [-0.1, -0.05) is 12.5 Å². The summed E-state index contributed by atoms with van der Waals surface area (Å²) in [5.41, 5.74) is 0.827. The largest absolute Gasteiger partial charge is 0.334 e. The van der Waals surface area contributed by atoms with Crippen LogP contribution in [0.1, 0.15) is 24.8 Å². The number of piperidine rings is 1. The summed E-state index contributed by atoms with van der Waals surface area (Å²) in [6.07, 6.45) is 3.72. The Morgan fingerprint density at radius 2 is 2.04 bits per heavy atom. The topological polar surface area (TPSA) is 52.7 Å². The highest BCUT2D eigenvalue weighted by Gasteiger charge is 2.48.